The zero-order valence-electron chi connectivity index (χ0n) is 13.4. The van der Waals surface area contributed by atoms with Gasteiger partial charge in [0.2, 0.25) is 0 Å². The molecule has 0 amide bonds. The van der Waals surface area contributed by atoms with Crippen LogP contribution in [0, 0.1) is 5.92 Å². The molecule has 0 spiro atoms. The van der Waals surface area contributed by atoms with Gasteiger partial charge in [0.1, 0.15) is 5.82 Å². The minimum Gasteiger partial charge on any atom is -0.328 e. The van der Waals surface area contributed by atoms with Crippen molar-refractivity contribution in [2.45, 2.75) is 83.2 Å². The van der Waals surface area contributed by atoms with E-state index in [1.807, 2.05) is 0 Å². The van der Waals surface area contributed by atoms with Gasteiger partial charge in [-0.25, -0.2) is 4.98 Å². The van der Waals surface area contributed by atoms with Crippen LogP contribution in [0.4, 0.5) is 0 Å². The van der Waals surface area contributed by atoms with E-state index in [0.29, 0.717) is 0 Å². The standard InChI is InChI=1S/C18H29N3/c1-2-6-14-11-17(14)21-16-9-10-19-12-15(16)20-18(21)13-7-4-3-5-8-13/h13-14,17,19H,2-12H2,1H3. The maximum atomic E-state index is 5.13. The zero-order chi connectivity index (χ0) is 14.2. The van der Waals surface area contributed by atoms with Crippen molar-refractivity contribution in [3.05, 3.63) is 17.2 Å². The number of fused-ring (bicyclic) bond motifs is 1. The minimum atomic E-state index is 0.743. The predicted octanol–water partition coefficient (Wildman–Crippen LogP) is 3.94. The van der Waals surface area contributed by atoms with Crippen LogP contribution in [0.5, 0.6) is 0 Å². The number of aromatic nitrogens is 2. The fourth-order valence-corrected chi connectivity index (χ4v) is 4.60. The van der Waals surface area contributed by atoms with Crippen molar-refractivity contribution in [2.75, 3.05) is 6.54 Å². The Labute approximate surface area is 128 Å². The molecule has 2 saturated carbocycles. The van der Waals surface area contributed by atoms with Crippen LogP contribution in [0.3, 0.4) is 0 Å². The van der Waals surface area contributed by atoms with E-state index in [2.05, 4.69) is 16.8 Å². The molecule has 1 aliphatic heterocycles. The Morgan fingerprint density at radius 1 is 1.24 bits per heavy atom. The molecule has 0 bridgehead atoms. The molecule has 1 aromatic heterocycles. The Hall–Kier alpha value is -0.830. The molecule has 0 radical (unpaired) electrons. The van der Waals surface area contributed by atoms with Gasteiger partial charge in [0.15, 0.2) is 0 Å². The van der Waals surface area contributed by atoms with Crippen LogP contribution in [-0.4, -0.2) is 16.1 Å². The average Bonchev–Trinajstić information content (AvgIpc) is 3.18. The van der Waals surface area contributed by atoms with Gasteiger partial charge in [-0.1, -0.05) is 32.6 Å². The molecular weight excluding hydrogens is 258 g/mol. The molecule has 3 aliphatic rings. The Balaban J connectivity index is 1.66. The molecule has 116 valence electrons. The Morgan fingerprint density at radius 3 is 2.90 bits per heavy atom. The average molecular weight is 287 g/mol. The summed E-state index contributed by atoms with van der Waals surface area (Å²) in [6.45, 7) is 4.45. The van der Waals surface area contributed by atoms with Crippen LogP contribution >= 0.6 is 0 Å². The third kappa shape index (κ3) is 2.54. The van der Waals surface area contributed by atoms with Gasteiger partial charge in [-0.2, -0.15) is 0 Å². The maximum absolute atomic E-state index is 5.13. The van der Waals surface area contributed by atoms with Gasteiger partial charge >= 0.3 is 0 Å². The van der Waals surface area contributed by atoms with E-state index in [0.717, 1.165) is 31.0 Å². The van der Waals surface area contributed by atoms with Gasteiger partial charge in [0.25, 0.3) is 0 Å². The highest BCUT2D eigenvalue weighted by Gasteiger charge is 2.42. The Kier molecular flexibility index (Phi) is 3.78. The smallest absolute Gasteiger partial charge is 0.112 e. The lowest BCUT2D eigenvalue weighted by atomic mass is 9.88. The van der Waals surface area contributed by atoms with E-state index in [1.165, 1.54) is 69.3 Å². The molecule has 3 nitrogen and oxygen atoms in total. The van der Waals surface area contributed by atoms with Gasteiger partial charge < -0.3 is 9.88 Å². The number of nitrogens with one attached hydrogen (secondary N) is 1. The Morgan fingerprint density at radius 2 is 2.10 bits per heavy atom. The minimum absolute atomic E-state index is 0.743. The Bertz CT molecular complexity index is 499. The van der Waals surface area contributed by atoms with E-state index < -0.39 is 0 Å². The predicted molar refractivity (Wildman–Crippen MR) is 85.5 cm³/mol. The number of nitrogens with zero attached hydrogens (tertiary/aromatic N) is 2. The fraction of sp³-hybridized carbons (Fsp3) is 0.833. The molecule has 2 aliphatic carbocycles. The van der Waals surface area contributed by atoms with Crippen molar-refractivity contribution < 1.29 is 0 Å². The van der Waals surface area contributed by atoms with Crippen LogP contribution in [-0.2, 0) is 13.0 Å². The van der Waals surface area contributed by atoms with E-state index in [1.54, 1.807) is 5.69 Å². The molecule has 21 heavy (non-hydrogen) atoms. The van der Waals surface area contributed by atoms with E-state index in [-0.39, 0.29) is 0 Å². The van der Waals surface area contributed by atoms with Crippen LogP contribution in [0.25, 0.3) is 0 Å². The topological polar surface area (TPSA) is 29.9 Å². The molecule has 2 unspecified atom stereocenters. The molecule has 2 heterocycles. The molecular formula is C18H29N3. The first kappa shape index (κ1) is 13.8. The van der Waals surface area contributed by atoms with Crippen molar-refractivity contribution in [3.8, 4) is 0 Å². The molecule has 0 aromatic carbocycles. The van der Waals surface area contributed by atoms with Crippen molar-refractivity contribution >= 4 is 0 Å². The second-order valence-corrected chi connectivity index (χ2v) is 7.35. The summed E-state index contributed by atoms with van der Waals surface area (Å²) in [4.78, 5) is 5.13. The first-order chi connectivity index (χ1) is 10.4. The normalized spacial score (nSPS) is 29.4. The second-order valence-electron chi connectivity index (χ2n) is 7.35. The quantitative estimate of drug-likeness (QED) is 0.909. The SMILES string of the molecule is CCCC1CC1n1c(C2CCCCC2)nc2c1CCNC2. The van der Waals surface area contributed by atoms with E-state index in [4.69, 9.17) is 4.98 Å². The summed E-state index contributed by atoms with van der Waals surface area (Å²) in [7, 11) is 0. The van der Waals surface area contributed by atoms with E-state index in [9.17, 15) is 0 Å². The largest absolute Gasteiger partial charge is 0.328 e. The number of hydrogen-bond acceptors (Lipinski definition) is 2. The third-order valence-electron chi connectivity index (χ3n) is 5.80. The van der Waals surface area contributed by atoms with Gasteiger partial charge in [-0.15, -0.1) is 0 Å². The first-order valence-electron chi connectivity index (χ1n) is 9.19. The van der Waals surface area contributed by atoms with Crippen molar-refractivity contribution in [2.24, 2.45) is 5.92 Å². The summed E-state index contributed by atoms with van der Waals surface area (Å²) >= 11 is 0. The highest BCUT2D eigenvalue weighted by molar-refractivity contribution is 5.25. The highest BCUT2D eigenvalue weighted by atomic mass is 15.2. The van der Waals surface area contributed by atoms with Gasteiger partial charge in [0.05, 0.1) is 5.69 Å². The highest BCUT2D eigenvalue weighted by Crippen LogP contribution is 2.49. The molecule has 4 rings (SSSR count). The number of rotatable bonds is 4. The summed E-state index contributed by atoms with van der Waals surface area (Å²) in [6.07, 6.45) is 12.3. The molecule has 2 fully saturated rings. The lowest BCUT2D eigenvalue weighted by molar-refractivity contribution is 0.410. The summed E-state index contributed by atoms with van der Waals surface area (Å²) in [5.41, 5.74) is 2.95. The van der Waals surface area contributed by atoms with Crippen molar-refractivity contribution in [1.82, 2.24) is 14.9 Å². The number of hydrogen-bond donors (Lipinski definition) is 1. The van der Waals surface area contributed by atoms with E-state index >= 15 is 0 Å². The summed E-state index contributed by atoms with van der Waals surface area (Å²) < 4.78 is 2.73. The van der Waals surface area contributed by atoms with Crippen LogP contribution in [0.2, 0.25) is 0 Å². The first-order valence-corrected chi connectivity index (χ1v) is 9.19. The number of imidazole rings is 1. The van der Waals surface area contributed by atoms with Gasteiger partial charge in [-0.3, -0.25) is 0 Å². The summed E-state index contributed by atoms with van der Waals surface area (Å²) in [5.74, 6) is 3.14. The van der Waals surface area contributed by atoms with Gasteiger partial charge in [-0.05, 0) is 31.6 Å². The lowest BCUT2D eigenvalue weighted by Crippen LogP contribution is -2.25. The summed E-state index contributed by atoms with van der Waals surface area (Å²) in [6, 6.07) is 0.788. The molecule has 1 N–H and O–H groups in total. The zero-order valence-corrected chi connectivity index (χ0v) is 13.4. The molecule has 3 heteroatoms. The van der Waals surface area contributed by atoms with Crippen molar-refractivity contribution in [1.29, 1.82) is 0 Å². The van der Waals surface area contributed by atoms with Gasteiger partial charge in [0, 0.05) is 37.2 Å². The molecule has 0 saturated heterocycles. The monoisotopic (exact) mass is 287 g/mol. The molecule has 1 aromatic rings. The van der Waals surface area contributed by atoms with Crippen molar-refractivity contribution in [3.63, 3.8) is 0 Å². The van der Waals surface area contributed by atoms with Crippen LogP contribution in [0.15, 0.2) is 0 Å². The summed E-state index contributed by atoms with van der Waals surface area (Å²) in [5, 5.41) is 3.50. The third-order valence-corrected chi connectivity index (χ3v) is 5.80. The lowest BCUT2D eigenvalue weighted by Gasteiger charge is -2.23. The van der Waals surface area contributed by atoms with Crippen LogP contribution < -0.4 is 5.32 Å². The fourth-order valence-electron chi connectivity index (χ4n) is 4.60. The second kappa shape index (κ2) is 5.75. The molecule has 2 atom stereocenters. The van der Waals surface area contributed by atoms with Crippen LogP contribution in [0.1, 0.15) is 87.5 Å². The maximum Gasteiger partial charge on any atom is 0.112 e.